The van der Waals surface area contributed by atoms with Crippen LogP contribution in [0.3, 0.4) is 0 Å². The third-order valence-corrected chi connectivity index (χ3v) is 7.32. The largest absolute Gasteiger partial charge is 0.348 e. The molecule has 1 aliphatic heterocycles. The summed E-state index contributed by atoms with van der Waals surface area (Å²) in [4.78, 5) is 31.2. The Morgan fingerprint density at radius 1 is 0.917 bits per heavy atom. The van der Waals surface area contributed by atoms with Crippen LogP contribution in [0.5, 0.6) is 0 Å². The van der Waals surface area contributed by atoms with Crippen molar-refractivity contribution in [1.82, 2.24) is 14.4 Å². The van der Waals surface area contributed by atoms with Crippen LogP contribution in [-0.2, 0) is 16.1 Å². The Morgan fingerprint density at radius 3 is 2.28 bits per heavy atom. The van der Waals surface area contributed by atoms with Crippen LogP contribution < -0.4 is 0 Å². The predicted molar refractivity (Wildman–Crippen MR) is 145 cm³/mol. The van der Waals surface area contributed by atoms with E-state index in [4.69, 9.17) is 0 Å². The van der Waals surface area contributed by atoms with Crippen LogP contribution in [0.1, 0.15) is 80.8 Å². The van der Waals surface area contributed by atoms with Gasteiger partial charge in [0.1, 0.15) is 0 Å². The molecule has 2 atom stereocenters. The Labute approximate surface area is 215 Å². The molecule has 0 saturated heterocycles. The number of amides is 2. The fourth-order valence-corrected chi connectivity index (χ4v) is 5.32. The van der Waals surface area contributed by atoms with Crippen molar-refractivity contribution in [2.75, 3.05) is 19.6 Å². The number of carbonyl (C=O) groups is 2. The van der Waals surface area contributed by atoms with Crippen LogP contribution in [0.15, 0.2) is 72.9 Å². The smallest absolute Gasteiger partial charge is 0.243 e. The summed E-state index contributed by atoms with van der Waals surface area (Å²) in [6.45, 7) is 10.5. The zero-order valence-electron chi connectivity index (χ0n) is 22.1. The minimum atomic E-state index is -0.233. The average Bonchev–Trinajstić information content (AvgIpc) is 3.38. The van der Waals surface area contributed by atoms with Crippen LogP contribution >= 0.6 is 0 Å². The van der Waals surface area contributed by atoms with E-state index in [1.165, 1.54) is 5.56 Å². The third kappa shape index (κ3) is 5.40. The summed E-state index contributed by atoms with van der Waals surface area (Å²) in [5.74, 6) is 0.266. The van der Waals surface area contributed by atoms with Crippen LogP contribution in [0, 0.1) is 0 Å². The Hall–Kier alpha value is -3.34. The summed E-state index contributed by atoms with van der Waals surface area (Å²) in [5, 5.41) is 0. The van der Waals surface area contributed by atoms with Crippen molar-refractivity contribution in [3.05, 3.63) is 95.3 Å². The van der Waals surface area contributed by atoms with Gasteiger partial charge in [-0.2, -0.15) is 0 Å². The SMILES string of the molecule is CCCN(CC(=O)N1CCn2cccc2C1c1ccc(C(C)C)cc1)C(=O)C(CC)c1ccccc1. The molecule has 3 aromatic rings. The molecule has 0 aliphatic carbocycles. The van der Waals surface area contributed by atoms with Gasteiger partial charge in [0.2, 0.25) is 11.8 Å². The number of hydrogen-bond donors (Lipinski definition) is 0. The van der Waals surface area contributed by atoms with E-state index < -0.39 is 0 Å². The van der Waals surface area contributed by atoms with Gasteiger partial charge in [0.15, 0.2) is 0 Å². The quantitative estimate of drug-likeness (QED) is 0.375. The highest BCUT2D eigenvalue weighted by molar-refractivity contribution is 5.89. The molecule has 2 unspecified atom stereocenters. The average molecular weight is 486 g/mol. The van der Waals surface area contributed by atoms with Gasteiger partial charge in [-0.05, 0) is 47.6 Å². The van der Waals surface area contributed by atoms with E-state index in [2.05, 4.69) is 67.9 Å². The van der Waals surface area contributed by atoms with Crippen molar-refractivity contribution in [2.24, 2.45) is 0 Å². The van der Waals surface area contributed by atoms with Gasteiger partial charge < -0.3 is 14.4 Å². The first kappa shape index (κ1) is 25.7. The number of benzene rings is 2. The van der Waals surface area contributed by atoms with E-state index in [1.54, 1.807) is 4.90 Å². The van der Waals surface area contributed by atoms with E-state index in [1.807, 2.05) is 42.2 Å². The molecule has 0 radical (unpaired) electrons. The number of carbonyl (C=O) groups excluding carboxylic acids is 2. The molecule has 4 rings (SSSR count). The molecule has 36 heavy (non-hydrogen) atoms. The zero-order valence-corrected chi connectivity index (χ0v) is 22.1. The van der Waals surface area contributed by atoms with E-state index in [0.29, 0.717) is 25.4 Å². The first-order valence-electron chi connectivity index (χ1n) is 13.3. The molecule has 1 aromatic heterocycles. The lowest BCUT2D eigenvalue weighted by Crippen LogP contribution is -2.48. The van der Waals surface area contributed by atoms with Gasteiger partial charge in [-0.15, -0.1) is 0 Å². The first-order chi connectivity index (χ1) is 17.4. The van der Waals surface area contributed by atoms with Crippen molar-refractivity contribution in [2.45, 2.75) is 65.0 Å². The van der Waals surface area contributed by atoms with E-state index >= 15 is 0 Å². The second-order valence-corrected chi connectivity index (χ2v) is 10.1. The van der Waals surface area contributed by atoms with Crippen LogP contribution in [0.25, 0.3) is 0 Å². The van der Waals surface area contributed by atoms with Gasteiger partial charge >= 0.3 is 0 Å². The van der Waals surface area contributed by atoms with Gasteiger partial charge in [-0.3, -0.25) is 9.59 Å². The highest BCUT2D eigenvalue weighted by atomic mass is 16.2. The van der Waals surface area contributed by atoms with Crippen molar-refractivity contribution in [3.8, 4) is 0 Å². The van der Waals surface area contributed by atoms with Crippen LogP contribution in [-0.4, -0.2) is 45.8 Å². The summed E-state index contributed by atoms with van der Waals surface area (Å²) in [6.07, 6.45) is 3.61. The van der Waals surface area contributed by atoms with Crippen molar-refractivity contribution < 1.29 is 9.59 Å². The number of aromatic nitrogens is 1. The molecule has 0 spiro atoms. The zero-order chi connectivity index (χ0) is 25.7. The van der Waals surface area contributed by atoms with Gasteiger partial charge in [0.25, 0.3) is 0 Å². The lowest BCUT2D eigenvalue weighted by molar-refractivity contribution is -0.143. The van der Waals surface area contributed by atoms with E-state index in [-0.39, 0.29) is 30.3 Å². The molecule has 0 N–H and O–H groups in total. The van der Waals surface area contributed by atoms with Gasteiger partial charge in [-0.25, -0.2) is 0 Å². The maximum atomic E-state index is 13.8. The third-order valence-electron chi connectivity index (χ3n) is 7.32. The molecule has 0 saturated carbocycles. The molecule has 5 heteroatoms. The van der Waals surface area contributed by atoms with Crippen molar-refractivity contribution in [1.29, 1.82) is 0 Å². The lowest BCUT2D eigenvalue weighted by atomic mass is 9.94. The highest BCUT2D eigenvalue weighted by Gasteiger charge is 2.34. The second-order valence-electron chi connectivity index (χ2n) is 10.1. The standard InChI is InChI=1S/C31H39N3O2/c1-5-18-33(31(36)27(6-2)25-11-8-7-9-12-25)22-29(35)34-21-20-32-19-10-13-28(32)30(34)26-16-14-24(15-17-26)23(3)4/h7-17,19,23,27,30H,5-6,18,20-22H2,1-4H3. The summed E-state index contributed by atoms with van der Waals surface area (Å²) in [7, 11) is 0. The molecule has 190 valence electrons. The fraction of sp³-hybridized carbons (Fsp3) is 0.419. The molecule has 1 aliphatic rings. The Bertz CT molecular complexity index is 1150. The molecular weight excluding hydrogens is 446 g/mol. The molecule has 2 amide bonds. The Morgan fingerprint density at radius 2 is 1.64 bits per heavy atom. The molecule has 2 aromatic carbocycles. The minimum Gasteiger partial charge on any atom is -0.348 e. The number of fused-ring (bicyclic) bond motifs is 1. The highest BCUT2D eigenvalue weighted by Crippen LogP contribution is 2.33. The maximum absolute atomic E-state index is 13.8. The van der Waals surface area contributed by atoms with Gasteiger partial charge in [0, 0.05) is 31.5 Å². The van der Waals surface area contributed by atoms with Crippen LogP contribution in [0.4, 0.5) is 0 Å². The predicted octanol–water partition coefficient (Wildman–Crippen LogP) is 5.98. The molecule has 0 fully saturated rings. The summed E-state index contributed by atoms with van der Waals surface area (Å²) < 4.78 is 2.24. The van der Waals surface area contributed by atoms with E-state index in [9.17, 15) is 9.59 Å². The van der Waals surface area contributed by atoms with E-state index in [0.717, 1.165) is 29.8 Å². The number of hydrogen-bond acceptors (Lipinski definition) is 2. The molecule has 2 heterocycles. The van der Waals surface area contributed by atoms with Crippen molar-refractivity contribution in [3.63, 3.8) is 0 Å². The second kappa shape index (κ2) is 11.6. The topological polar surface area (TPSA) is 45.6 Å². The van der Waals surface area contributed by atoms with Gasteiger partial charge in [0.05, 0.1) is 18.5 Å². The summed E-state index contributed by atoms with van der Waals surface area (Å²) in [6, 6.07) is 22.6. The number of rotatable bonds is 9. The molecule has 0 bridgehead atoms. The molecular formula is C31H39N3O2. The first-order valence-corrected chi connectivity index (χ1v) is 13.3. The monoisotopic (exact) mass is 485 g/mol. The minimum absolute atomic E-state index is 0.00472. The van der Waals surface area contributed by atoms with Crippen LogP contribution in [0.2, 0.25) is 0 Å². The van der Waals surface area contributed by atoms with Gasteiger partial charge in [-0.1, -0.05) is 82.3 Å². The Kier molecular flexibility index (Phi) is 8.29. The maximum Gasteiger partial charge on any atom is 0.243 e. The fourth-order valence-electron chi connectivity index (χ4n) is 5.32. The summed E-state index contributed by atoms with van der Waals surface area (Å²) in [5.41, 5.74) is 4.53. The number of nitrogens with zero attached hydrogens (tertiary/aromatic N) is 3. The Balaban J connectivity index is 1.60. The summed E-state index contributed by atoms with van der Waals surface area (Å²) >= 11 is 0. The lowest BCUT2D eigenvalue weighted by Gasteiger charge is -2.39. The normalized spacial score (nSPS) is 16.0. The molecule has 5 nitrogen and oxygen atoms in total. The van der Waals surface area contributed by atoms with Crippen molar-refractivity contribution >= 4 is 11.8 Å².